The Bertz CT molecular complexity index is 340. The molecule has 0 spiro atoms. The van der Waals surface area contributed by atoms with Crippen molar-refractivity contribution in [3.63, 3.8) is 0 Å². The van der Waals surface area contributed by atoms with Crippen LogP contribution in [0.3, 0.4) is 0 Å². The van der Waals surface area contributed by atoms with Gasteiger partial charge in [-0.25, -0.2) is 0 Å². The summed E-state index contributed by atoms with van der Waals surface area (Å²) in [4.78, 5) is 26.9. The third-order valence-corrected chi connectivity index (χ3v) is 3.74. The molecule has 1 saturated heterocycles. The number of amides is 2. The fourth-order valence-electron chi connectivity index (χ4n) is 2.41. The van der Waals surface area contributed by atoms with Gasteiger partial charge in [-0.1, -0.05) is 13.2 Å². The predicted octanol–water partition coefficient (Wildman–Crippen LogP) is -0.0114. The van der Waals surface area contributed by atoms with E-state index in [0.29, 0.717) is 13.1 Å². The highest BCUT2D eigenvalue weighted by atomic mass is 16.2. The highest BCUT2D eigenvalue weighted by molar-refractivity contribution is 5.87. The van der Waals surface area contributed by atoms with Crippen LogP contribution < -0.4 is 10.6 Å². The van der Waals surface area contributed by atoms with Crippen LogP contribution in [-0.2, 0) is 9.59 Å². The fraction of sp³-hybridized carbons (Fsp3) is 0.625. The summed E-state index contributed by atoms with van der Waals surface area (Å²) in [6, 6.07) is 0. The molecular formula is C16H28N4O2. The van der Waals surface area contributed by atoms with Gasteiger partial charge in [-0.15, -0.1) is 0 Å². The van der Waals surface area contributed by atoms with Crippen LogP contribution in [0.15, 0.2) is 25.3 Å². The first-order chi connectivity index (χ1) is 10.7. The highest BCUT2D eigenvalue weighted by Crippen LogP contribution is 2.02. The minimum absolute atomic E-state index is 0.103. The summed E-state index contributed by atoms with van der Waals surface area (Å²) in [5.74, 6) is -0.207. The zero-order valence-electron chi connectivity index (χ0n) is 13.4. The van der Waals surface area contributed by atoms with Gasteiger partial charge in [0.15, 0.2) is 0 Å². The number of nitrogens with one attached hydrogen (secondary N) is 2. The molecule has 6 heteroatoms. The van der Waals surface area contributed by atoms with E-state index >= 15 is 0 Å². The molecule has 0 atom stereocenters. The first-order valence-electron chi connectivity index (χ1n) is 7.91. The smallest absolute Gasteiger partial charge is 0.243 e. The van der Waals surface area contributed by atoms with Crippen LogP contribution in [0.25, 0.3) is 0 Å². The first kappa shape index (κ1) is 18.4. The zero-order valence-corrected chi connectivity index (χ0v) is 13.4. The monoisotopic (exact) mass is 308 g/mol. The fourth-order valence-corrected chi connectivity index (χ4v) is 2.41. The molecule has 1 fully saturated rings. The Kier molecular flexibility index (Phi) is 9.18. The van der Waals surface area contributed by atoms with Gasteiger partial charge < -0.3 is 20.4 Å². The molecule has 124 valence electrons. The van der Waals surface area contributed by atoms with Gasteiger partial charge in [0.2, 0.25) is 11.8 Å². The Morgan fingerprint density at radius 2 is 1.18 bits per heavy atom. The van der Waals surface area contributed by atoms with Crippen LogP contribution in [-0.4, -0.2) is 74.0 Å². The van der Waals surface area contributed by atoms with Crippen molar-refractivity contribution >= 4 is 11.8 Å². The van der Waals surface area contributed by atoms with E-state index in [1.54, 1.807) is 0 Å². The molecule has 0 saturated carbocycles. The largest absolute Gasteiger partial charge is 0.353 e. The SMILES string of the molecule is C=CC(=O)NCCCN1CCN(CCCNC(=O)C=C)CC1. The third-order valence-electron chi connectivity index (χ3n) is 3.74. The van der Waals surface area contributed by atoms with Crippen LogP contribution in [0.2, 0.25) is 0 Å². The van der Waals surface area contributed by atoms with Crippen molar-refractivity contribution in [1.82, 2.24) is 20.4 Å². The summed E-state index contributed by atoms with van der Waals surface area (Å²) < 4.78 is 0. The van der Waals surface area contributed by atoms with Gasteiger partial charge in [-0.05, 0) is 38.1 Å². The minimum atomic E-state index is -0.103. The summed E-state index contributed by atoms with van der Waals surface area (Å²) in [5.41, 5.74) is 0. The van der Waals surface area contributed by atoms with Gasteiger partial charge in [0.25, 0.3) is 0 Å². The van der Waals surface area contributed by atoms with E-state index in [1.807, 2.05) is 0 Å². The molecule has 6 nitrogen and oxygen atoms in total. The Morgan fingerprint density at radius 1 is 0.818 bits per heavy atom. The minimum Gasteiger partial charge on any atom is -0.353 e. The van der Waals surface area contributed by atoms with E-state index in [-0.39, 0.29) is 11.8 Å². The maximum atomic E-state index is 11.0. The molecule has 0 unspecified atom stereocenters. The summed E-state index contributed by atoms with van der Waals surface area (Å²) in [6.07, 6.45) is 4.53. The van der Waals surface area contributed by atoms with Crippen molar-refractivity contribution in [2.24, 2.45) is 0 Å². The molecule has 1 rings (SSSR count). The molecule has 1 aliphatic heterocycles. The maximum absolute atomic E-state index is 11.0. The predicted molar refractivity (Wildman–Crippen MR) is 88.5 cm³/mol. The van der Waals surface area contributed by atoms with Crippen molar-refractivity contribution in [3.8, 4) is 0 Å². The van der Waals surface area contributed by atoms with Gasteiger partial charge in [0.1, 0.15) is 0 Å². The Morgan fingerprint density at radius 3 is 1.50 bits per heavy atom. The average Bonchev–Trinajstić information content (AvgIpc) is 2.56. The standard InChI is InChI=1S/C16H28N4O2/c1-3-15(21)17-7-5-9-19-11-13-20(14-12-19)10-6-8-18-16(22)4-2/h3-4H,1-2,5-14H2,(H,17,21)(H,18,22). The van der Waals surface area contributed by atoms with Gasteiger partial charge >= 0.3 is 0 Å². The molecular weight excluding hydrogens is 280 g/mol. The van der Waals surface area contributed by atoms with Crippen LogP contribution >= 0.6 is 0 Å². The number of piperazine rings is 1. The van der Waals surface area contributed by atoms with Crippen LogP contribution in [0.4, 0.5) is 0 Å². The van der Waals surface area contributed by atoms with Crippen molar-refractivity contribution in [3.05, 3.63) is 25.3 Å². The summed E-state index contributed by atoms with van der Waals surface area (Å²) in [6.45, 7) is 14.5. The molecule has 1 heterocycles. The van der Waals surface area contributed by atoms with Crippen LogP contribution in [0, 0.1) is 0 Å². The number of hydrogen-bond acceptors (Lipinski definition) is 4. The molecule has 22 heavy (non-hydrogen) atoms. The van der Waals surface area contributed by atoms with Crippen molar-refractivity contribution in [2.75, 3.05) is 52.4 Å². The Hall–Kier alpha value is -1.66. The number of hydrogen-bond donors (Lipinski definition) is 2. The van der Waals surface area contributed by atoms with Crippen molar-refractivity contribution in [2.45, 2.75) is 12.8 Å². The lowest BCUT2D eigenvalue weighted by molar-refractivity contribution is -0.117. The lowest BCUT2D eigenvalue weighted by atomic mass is 10.2. The van der Waals surface area contributed by atoms with E-state index in [0.717, 1.165) is 52.1 Å². The molecule has 1 aliphatic rings. The van der Waals surface area contributed by atoms with Gasteiger partial charge in [0.05, 0.1) is 0 Å². The topological polar surface area (TPSA) is 64.7 Å². The van der Waals surface area contributed by atoms with Gasteiger partial charge in [-0.2, -0.15) is 0 Å². The molecule has 0 aromatic heterocycles. The van der Waals surface area contributed by atoms with Crippen molar-refractivity contribution in [1.29, 1.82) is 0 Å². The summed E-state index contributed by atoms with van der Waals surface area (Å²) in [5, 5.41) is 5.59. The molecule has 0 aromatic rings. The highest BCUT2D eigenvalue weighted by Gasteiger charge is 2.15. The number of carbonyl (C=O) groups is 2. The van der Waals surface area contributed by atoms with E-state index in [4.69, 9.17) is 0 Å². The molecule has 0 radical (unpaired) electrons. The summed E-state index contributed by atoms with van der Waals surface area (Å²) >= 11 is 0. The molecule has 2 N–H and O–H groups in total. The maximum Gasteiger partial charge on any atom is 0.243 e. The van der Waals surface area contributed by atoms with Gasteiger partial charge in [-0.3, -0.25) is 9.59 Å². The van der Waals surface area contributed by atoms with Gasteiger partial charge in [0, 0.05) is 39.3 Å². The lowest BCUT2D eigenvalue weighted by Gasteiger charge is -2.34. The average molecular weight is 308 g/mol. The number of carbonyl (C=O) groups excluding carboxylic acids is 2. The third kappa shape index (κ3) is 7.95. The second-order valence-corrected chi connectivity index (χ2v) is 5.38. The van der Waals surface area contributed by atoms with Crippen LogP contribution in [0.1, 0.15) is 12.8 Å². The second-order valence-electron chi connectivity index (χ2n) is 5.38. The van der Waals surface area contributed by atoms with E-state index in [1.165, 1.54) is 12.2 Å². The Balaban J connectivity index is 2.01. The molecule has 0 aromatic carbocycles. The summed E-state index contributed by atoms with van der Waals surface area (Å²) in [7, 11) is 0. The van der Waals surface area contributed by atoms with E-state index < -0.39 is 0 Å². The molecule has 0 bridgehead atoms. The van der Waals surface area contributed by atoms with Crippen LogP contribution in [0.5, 0.6) is 0 Å². The van der Waals surface area contributed by atoms with Crippen molar-refractivity contribution < 1.29 is 9.59 Å². The molecule has 0 aliphatic carbocycles. The number of nitrogens with zero attached hydrogens (tertiary/aromatic N) is 2. The normalized spacial score (nSPS) is 16.0. The second kappa shape index (κ2) is 11.0. The lowest BCUT2D eigenvalue weighted by Crippen LogP contribution is -2.47. The number of rotatable bonds is 10. The van der Waals surface area contributed by atoms with E-state index in [9.17, 15) is 9.59 Å². The zero-order chi connectivity index (χ0) is 16.2. The molecule has 2 amide bonds. The Labute approximate surface area is 133 Å². The van der Waals surface area contributed by atoms with E-state index in [2.05, 4.69) is 33.6 Å². The first-order valence-corrected chi connectivity index (χ1v) is 7.91. The quantitative estimate of drug-likeness (QED) is 0.440.